The van der Waals surface area contributed by atoms with Gasteiger partial charge in [-0.05, 0) is 12.1 Å². The monoisotopic (exact) mass is 279 g/mol. The van der Waals surface area contributed by atoms with Gasteiger partial charge in [0.1, 0.15) is 0 Å². The Kier molecular flexibility index (Phi) is 4.16. The lowest BCUT2D eigenvalue weighted by Crippen LogP contribution is -2.23. The molecule has 1 amide bonds. The van der Waals surface area contributed by atoms with E-state index in [2.05, 4.69) is 15.5 Å². The van der Waals surface area contributed by atoms with E-state index in [9.17, 15) is 4.79 Å². The van der Waals surface area contributed by atoms with Gasteiger partial charge in [0.05, 0.1) is 17.1 Å². The van der Waals surface area contributed by atoms with Crippen molar-refractivity contribution < 1.29 is 9.21 Å². The summed E-state index contributed by atoms with van der Waals surface area (Å²) in [5, 5.41) is 10.9. The first-order chi connectivity index (χ1) is 9.08. The molecule has 0 saturated carbocycles. The maximum absolute atomic E-state index is 11.9. The molecule has 0 radical (unpaired) electrons. The van der Waals surface area contributed by atoms with Gasteiger partial charge in [0.2, 0.25) is 11.8 Å². The van der Waals surface area contributed by atoms with E-state index in [0.29, 0.717) is 22.4 Å². The summed E-state index contributed by atoms with van der Waals surface area (Å²) in [7, 11) is 0. The average molecular weight is 280 g/mol. The molecule has 0 bridgehead atoms. The average Bonchev–Trinajstić information content (AvgIpc) is 2.85. The molecule has 1 aromatic heterocycles. The van der Waals surface area contributed by atoms with Crippen molar-refractivity contribution in [1.82, 2.24) is 15.5 Å². The zero-order chi connectivity index (χ0) is 13.8. The summed E-state index contributed by atoms with van der Waals surface area (Å²) in [5.74, 6) is 0.835. The number of halogens is 1. The molecule has 0 aliphatic rings. The Morgan fingerprint density at radius 3 is 2.74 bits per heavy atom. The third-order valence-electron chi connectivity index (χ3n) is 2.50. The van der Waals surface area contributed by atoms with Crippen LogP contribution in [-0.4, -0.2) is 16.1 Å². The van der Waals surface area contributed by atoms with Gasteiger partial charge < -0.3 is 9.73 Å². The largest absolute Gasteiger partial charge is 0.423 e. The number of hydrogen-bond donors (Lipinski definition) is 1. The molecule has 0 fully saturated rings. The van der Waals surface area contributed by atoms with Crippen LogP contribution in [0.15, 0.2) is 28.7 Å². The quantitative estimate of drug-likeness (QED) is 0.934. The molecule has 0 unspecified atom stereocenters. The van der Waals surface area contributed by atoms with Crippen LogP contribution in [0.1, 0.15) is 41.9 Å². The fourth-order valence-electron chi connectivity index (χ4n) is 1.47. The summed E-state index contributed by atoms with van der Waals surface area (Å²) in [6, 6.07) is 6.85. The lowest BCUT2D eigenvalue weighted by atomic mass is 10.2. The maximum atomic E-state index is 11.9. The first kappa shape index (κ1) is 13.5. The minimum atomic E-state index is -0.269. The van der Waals surface area contributed by atoms with E-state index in [4.69, 9.17) is 16.0 Å². The molecule has 0 atom stereocenters. The standard InChI is InChI=1S/C13H14ClN3O2/c1-8(2)13-17-16-11(19-13)7-15-12(18)9-5-3-4-6-10(9)14/h3-6,8H,7H2,1-2H3,(H,15,18). The Balaban J connectivity index is 1.98. The Hall–Kier alpha value is -1.88. The van der Waals surface area contributed by atoms with Gasteiger partial charge in [-0.1, -0.05) is 37.6 Å². The van der Waals surface area contributed by atoms with Gasteiger partial charge in [0, 0.05) is 5.92 Å². The van der Waals surface area contributed by atoms with Gasteiger partial charge in [0.25, 0.3) is 5.91 Å². The highest BCUT2D eigenvalue weighted by molar-refractivity contribution is 6.33. The zero-order valence-electron chi connectivity index (χ0n) is 10.7. The second-order valence-corrected chi connectivity index (χ2v) is 4.76. The Labute approximate surface area is 116 Å². The summed E-state index contributed by atoms with van der Waals surface area (Å²) in [6.45, 7) is 4.10. The second-order valence-electron chi connectivity index (χ2n) is 4.35. The smallest absolute Gasteiger partial charge is 0.253 e. The first-order valence-corrected chi connectivity index (χ1v) is 6.30. The predicted molar refractivity (Wildman–Crippen MR) is 71.0 cm³/mol. The number of nitrogens with one attached hydrogen (secondary N) is 1. The molecule has 5 nitrogen and oxygen atoms in total. The van der Waals surface area contributed by atoms with E-state index < -0.39 is 0 Å². The van der Waals surface area contributed by atoms with E-state index in [1.54, 1.807) is 24.3 Å². The number of carbonyl (C=O) groups is 1. The van der Waals surface area contributed by atoms with Crippen LogP contribution in [0.25, 0.3) is 0 Å². The summed E-state index contributed by atoms with van der Waals surface area (Å²) in [6.07, 6.45) is 0. The molecule has 0 aliphatic heterocycles. The van der Waals surface area contributed by atoms with Gasteiger partial charge in [-0.25, -0.2) is 0 Å². The van der Waals surface area contributed by atoms with Crippen LogP contribution in [0.4, 0.5) is 0 Å². The highest BCUT2D eigenvalue weighted by Gasteiger charge is 2.12. The molecule has 0 spiro atoms. The van der Waals surface area contributed by atoms with Gasteiger partial charge >= 0.3 is 0 Å². The van der Waals surface area contributed by atoms with Crippen LogP contribution in [0.3, 0.4) is 0 Å². The molecule has 1 N–H and O–H groups in total. The summed E-state index contributed by atoms with van der Waals surface area (Å²) in [4.78, 5) is 11.9. The van der Waals surface area contributed by atoms with Crippen molar-refractivity contribution >= 4 is 17.5 Å². The number of rotatable bonds is 4. The lowest BCUT2D eigenvalue weighted by Gasteiger charge is -2.04. The van der Waals surface area contributed by atoms with Crippen molar-refractivity contribution in [3.8, 4) is 0 Å². The molecule has 0 saturated heterocycles. The Morgan fingerprint density at radius 1 is 1.37 bits per heavy atom. The highest BCUT2D eigenvalue weighted by atomic mass is 35.5. The molecule has 2 aromatic rings. The summed E-state index contributed by atoms with van der Waals surface area (Å²) < 4.78 is 5.39. The van der Waals surface area contributed by atoms with Crippen LogP contribution in [0, 0.1) is 0 Å². The molecule has 100 valence electrons. The number of aromatic nitrogens is 2. The fraction of sp³-hybridized carbons (Fsp3) is 0.308. The topological polar surface area (TPSA) is 68.0 Å². The normalized spacial score (nSPS) is 10.7. The van der Waals surface area contributed by atoms with Crippen LogP contribution >= 0.6 is 11.6 Å². The van der Waals surface area contributed by atoms with Crippen molar-refractivity contribution in [2.45, 2.75) is 26.3 Å². The number of hydrogen-bond acceptors (Lipinski definition) is 4. The molecular weight excluding hydrogens is 266 g/mol. The highest BCUT2D eigenvalue weighted by Crippen LogP contribution is 2.15. The van der Waals surface area contributed by atoms with E-state index in [-0.39, 0.29) is 18.4 Å². The van der Waals surface area contributed by atoms with Crippen LogP contribution < -0.4 is 5.32 Å². The lowest BCUT2D eigenvalue weighted by molar-refractivity contribution is 0.0947. The van der Waals surface area contributed by atoms with Crippen molar-refractivity contribution in [1.29, 1.82) is 0 Å². The maximum Gasteiger partial charge on any atom is 0.253 e. The Bertz CT molecular complexity index is 581. The molecular formula is C13H14ClN3O2. The molecule has 1 heterocycles. The Morgan fingerprint density at radius 2 is 2.11 bits per heavy atom. The molecule has 2 rings (SSSR count). The molecule has 6 heteroatoms. The number of amides is 1. The van der Waals surface area contributed by atoms with Crippen molar-refractivity contribution in [2.75, 3.05) is 0 Å². The van der Waals surface area contributed by atoms with Crippen molar-refractivity contribution in [2.24, 2.45) is 0 Å². The fourth-order valence-corrected chi connectivity index (χ4v) is 1.69. The van der Waals surface area contributed by atoms with Crippen molar-refractivity contribution in [3.05, 3.63) is 46.6 Å². The van der Waals surface area contributed by atoms with E-state index in [1.165, 1.54) is 0 Å². The summed E-state index contributed by atoms with van der Waals surface area (Å²) >= 11 is 5.93. The van der Waals surface area contributed by atoms with Gasteiger partial charge in [-0.15, -0.1) is 10.2 Å². The molecule has 1 aromatic carbocycles. The van der Waals surface area contributed by atoms with E-state index >= 15 is 0 Å². The minimum Gasteiger partial charge on any atom is -0.423 e. The number of carbonyl (C=O) groups excluding carboxylic acids is 1. The van der Waals surface area contributed by atoms with Gasteiger partial charge in [0.15, 0.2) is 0 Å². The summed E-state index contributed by atoms with van der Waals surface area (Å²) in [5.41, 5.74) is 0.424. The van der Waals surface area contributed by atoms with Crippen LogP contribution in [0.2, 0.25) is 5.02 Å². The van der Waals surface area contributed by atoms with Crippen LogP contribution in [-0.2, 0) is 6.54 Å². The molecule has 19 heavy (non-hydrogen) atoms. The van der Waals surface area contributed by atoms with E-state index in [0.717, 1.165) is 0 Å². The van der Waals surface area contributed by atoms with Gasteiger partial charge in [-0.2, -0.15) is 0 Å². The first-order valence-electron chi connectivity index (χ1n) is 5.93. The van der Waals surface area contributed by atoms with E-state index in [1.807, 2.05) is 13.8 Å². The predicted octanol–water partition coefficient (Wildman–Crippen LogP) is 2.78. The zero-order valence-corrected chi connectivity index (χ0v) is 11.4. The third kappa shape index (κ3) is 3.32. The third-order valence-corrected chi connectivity index (χ3v) is 2.82. The van der Waals surface area contributed by atoms with Crippen LogP contribution in [0.5, 0.6) is 0 Å². The van der Waals surface area contributed by atoms with Gasteiger partial charge in [-0.3, -0.25) is 4.79 Å². The molecule has 0 aliphatic carbocycles. The second kappa shape index (κ2) is 5.84. The number of benzene rings is 1. The number of nitrogens with zero attached hydrogens (tertiary/aromatic N) is 2. The minimum absolute atomic E-state index is 0.167. The SMILES string of the molecule is CC(C)c1nnc(CNC(=O)c2ccccc2Cl)o1. The van der Waals surface area contributed by atoms with Crippen molar-refractivity contribution in [3.63, 3.8) is 0 Å².